The van der Waals surface area contributed by atoms with Crippen molar-refractivity contribution in [2.24, 2.45) is 11.7 Å². The third kappa shape index (κ3) is 4.75. The molecule has 2 amide bonds. The summed E-state index contributed by atoms with van der Waals surface area (Å²) >= 11 is 0. The van der Waals surface area contributed by atoms with Crippen LogP contribution in [0.2, 0.25) is 0 Å². The lowest BCUT2D eigenvalue weighted by atomic mass is 10.1. The maximum atomic E-state index is 12.0. The molecular weight excluding hydrogens is 270 g/mol. The van der Waals surface area contributed by atoms with Gasteiger partial charge in [-0.05, 0) is 17.9 Å². The second-order valence-electron chi connectivity index (χ2n) is 5.15. The molecule has 1 saturated heterocycles. The number of ether oxygens (including phenoxy) is 1. The largest absolute Gasteiger partial charge is 0.445 e. The number of hydrogen-bond acceptors (Lipinski definition) is 4. The number of carbonyl (C=O) groups excluding carboxylic acids is 2. The number of hydrogen-bond donors (Lipinski definition) is 2. The molecule has 0 saturated carbocycles. The Morgan fingerprint density at radius 3 is 2.81 bits per heavy atom. The lowest BCUT2D eigenvalue weighted by molar-refractivity contribution is -0.119. The molecule has 2 rings (SSSR count). The van der Waals surface area contributed by atoms with Crippen LogP contribution in [0.3, 0.4) is 0 Å². The van der Waals surface area contributed by atoms with E-state index in [1.807, 2.05) is 30.3 Å². The molecule has 0 bridgehead atoms. The van der Waals surface area contributed by atoms with Crippen molar-refractivity contribution < 1.29 is 14.3 Å². The summed E-state index contributed by atoms with van der Waals surface area (Å²) in [7, 11) is 0. The van der Waals surface area contributed by atoms with Crippen molar-refractivity contribution in [2.45, 2.75) is 13.0 Å². The van der Waals surface area contributed by atoms with E-state index in [2.05, 4.69) is 5.32 Å². The Kier molecular flexibility index (Phi) is 5.57. The Labute approximate surface area is 124 Å². The number of amides is 2. The molecule has 114 valence electrons. The van der Waals surface area contributed by atoms with Crippen LogP contribution in [0.25, 0.3) is 0 Å². The highest BCUT2D eigenvalue weighted by Crippen LogP contribution is 2.16. The molecule has 6 heteroatoms. The molecule has 0 unspecified atom stereocenters. The molecule has 1 atom stereocenters. The smallest absolute Gasteiger partial charge is 0.410 e. The zero-order valence-electron chi connectivity index (χ0n) is 12.0. The van der Waals surface area contributed by atoms with Gasteiger partial charge in [-0.2, -0.15) is 0 Å². The third-order valence-corrected chi connectivity index (χ3v) is 3.52. The fraction of sp³-hybridized carbons (Fsp3) is 0.467. The SMILES string of the molecule is NCC(=O)NC[C@@H]1CCN(C(=O)OCc2ccccc2)C1. The average Bonchev–Trinajstić information content (AvgIpc) is 3.00. The Bertz CT molecular complexity index is 478. The first-order valence-electron chi connectivity index (χ1n) is 7.11. The van der Waals surface area contributed by atoms with E-state index in [1.165, 1.54) is 0 Å². The highest BCUT2D eigenvalue weighted by atomic mass is 16.6. The average molecular weight is 291 g/mol. The van der Waals surface area contributed by atoms with Crippen LogP contribution in [0.5, 0.6) is 0 Å². The topological polar surface area (TPSA) is 84.7 Å². The minimum absolute atomic E-state index is 0.00441. The summed E-state index contributed by atoms with van der Waals surface area (Å²) in [6, 6.07) is 9.58. The molecular formula is C15H21N3O3. The normalized spacial score (nSPS) is 17.6. The molecule has 21 heavy (non-hydrogen) atoms. The van der Waals surface area contributed by atoms with Crippen molar-refractivity contribution in [1.82, 2.24) is 10.2 Å². The minimum atomic E-state index is -0.300. The fourth-order valence-corrected chi connectivity index (χ4v) is 2.31. The molecule has 1 aliphatic rings. The van der Waals surface area contributed by atoms with Crippen molar-refractivity contribution >= 4 is 12.0 Å². The van der Waals surface area contributed by atoms with Crippen molar-refractivity contribution in [3.8, 4) is 0 Å². The first-order valence-corrected chi connectivity index (χ1v) is 7.11. The van der Waals surface area contributed by atoms with E-state index >= 15 is 0 Å². The van der Waals surface area contributed by atoms with Crippen LogP contribution >= 0.6 is 0 Å². The van der Waals surface area contributed by atoms with E-state index in [-0.39, 0.29) is 31.1 Å². The Morgan fingerprint density at radius 1 is 1.33 bits per heavy atom. The van der Waals surface area contributed by atoms with Crippen LogP contribution in [0.4, 0.5) is 4.79 Å². The van der Waals surface area contributed by atoms with Crippen LogP contribution in [-0.2, 0) is 16.1 Å². The summed E-state index contributed by atoms with van der Waals surface area (Å²) in [5.41, 5.74) is 6.20. The first kappa shape index (κ1) is 15.3. The van der Waals surface area contributed by atoms with Gasteiger partial charge in [-0.1, -0.05) is 30.3 Å². The maximum absolute atomic E-state index is 12.0. The summed E-state index contributed by atoms with van der Waals surface area (Å²) in [4.78, 5) is 24.7. The molecule has 1 aromatic carbocycles. The van der Waals surface area contributed by atoms with E-state index in [0.717, 1.165) is 12.0 Å². The van der Waals surface area contributed by atoms with Gasteiger partial charge in [0.05, 0.1) is 6.54 Å². The molecule has 0 radical (unpaired) electrons. The molecule has 0 aromatic heterocycles. The van der Waals surface area contributed by atoms with Gasteiger partial charge in [-0.25, -0.2) is 4.79 Å². The van der Waals surface area contributed by atoms with Crippen molar-refractivity contribution in [1.29, 1.82) is 0 Å². The monoisotopic (exact) mass is 291 g/mol. The summed E-state index contributed by atoms with van der Waals surface area (Å²) in [5.74, 6) is 0.102. The van der Waals surface area contributed by atoms with Crippen LogP contribution in [0.1, 0.15) is 12.0 Å². The van der Waals surface area contributed by atoms with Gasteiger partial charge >= 0.3 is 6.09 Å². The number of likely N-dealkylation sites (tertiary alicyclic amines) is 1. The first-order chi connectivity index (χ1) is 10.2. The zero-order chi connectivity index (χ0) is 15.1. The van der Waals surface area contributed by atoms with Gasteiger partial charge in [0.15, 0.2) is 0 Å². The summed E-state index contributed by atoms with van der Waals surface area (Å²) < 4.78 is 5.29. The molecule has 1 heterocycles. The van der Waals surface area contributed by atoms with Crippen LogP contribution < -0.4 is 11.1 Å². The van der Waals surface area contributed by atoms with E-state index in [9.17, 15) is 9.59 Å². The highest BCUT2D eigenvalue weighted by molar-refractivity contribution is 5.77. The number of carbonyl (C=O) groups is 2. The Hall–Kier alpha value is -2.08. The van der Waals surface area contributed by atoms with Crippen LogP contribution in [0, 0.1) is 5.92 Å². The summed E-state index contributed by atoms with van der Waals surface area (Å²) in [6.45, 7) is 2.11. The van der Waals surface area contributed by atoms with Crippen LogP contribution in [0.15, 0.2) is 30.3 Å². The summed E-state index contributed by atoms with van der Waals surface area (Å²) in [5, 5.41) is 2.75. The maximum Gasteiger partial charge on any atom is 0.410 e. The summed E-state index contributed by atoms with van der Waals surface area (Å²) in [6.07, 6.45) is 0.567. The predicted octanol–water partition coefficient (Wildman–Crippen LogP) is 0.720. The standard InChI is InChI=1S/C15H21N3O3/c16-8-14(19)17-9-13-6-7-18(10-13)15(20)21-11-12-4-2-1-3-5-12/h1-5,13H,6-11,16H2,(H,17,19)/t13-/m0/s1. The molecule has 3 N–H and O–H groups in total. The zero-order valence-corrected chi connectivity index (χ0v) is 12.0. The third-order valence-electron chi connectivity index (χ3n) is 3.52. The predicted molar refractivity (Wildman–Crippen MR) is 78.4 cm³/mol. The van der Waals surface area contributed by atoms with Crippen molar-refractivity contribution in [3.05, 3.63) is 35.9 Å². The highest BCUT2D eigenvalue weighted by Gasteiger charge is 2.27. The van der Waals surface area contributed by atoms with Crippen LogP contribution in [-0.4, -0.2) is 43.1 Å². The number of nitrogens with one attached hydrogen (secondary N) is 1. The minimum Gasteiger partial charge on any atom is -0.445 e. The quantitative estimate of drug-likeness (QED) is 0.837. The van der Waals surface area contributed by atoms with Gasteiger partial charge in [-0.15, -0.1) is 0 Å². The van der Waals surface area contributed by atoms with Gasteiger partial charge < -0.3 is 20.7 Å². The second-order valence-corrected chi connectivity index (χ2v) is 5.15. The van der Waals surface area contributed by atoms with Gasteiger partial charge in [0, 0.05) is 19.6 Å². The van der Waals surface area contributed by atoms with Crippen molar-refractivity contribution in [3.63, 3.8) is 0 Å². The fourth-order valence-electron chi connectivity index (χ4n) is 2.31. The Morgan fingerprint density at radius 2 is 2.10 bits per heavy atom. The van der Waals surface area contributed by atoms with E-state index in [0.29, 0.717) is 19.6 Å². The number of benzene rings is 1. The van der Waals surface area contributed by atoms with E-state index in [1.54, 1.807) is 4.90 Å². The second kappa shape index (κ2) is 7.64. The molecule has 0 aliphatic carbocycles. The number of nitrogens with two attached hydrogens (primary N) is 1. The number of nitrogens with zero attached hydrogens (tertiary/aromatic N) is 1. The van der Waals surface area contributed by atoms with E-state index in [4.69, 9.17) is 10.5 Å². The molecule has 1 aliphatic heterocycles. The lowest BCUT2D eigenvalue weighted by Crippen LogP contribution is -2.36. The van der Waals surface area contributed by atoms with Gasteiger partial charge in [0.2, 0.25) is 5.91 Å². The van der Waals surface area contributed by atoms with E-state index < -0.39 is 0 Å². The number of rotatable bonds is 5. The van der Waals surface area contributed by atoms with Gasteiger partial charge in [0.25, 0.3) is 0 Å². The molecule has 1 fully saturated rings. The lowest BCUT2D eigenvalue weighted by Gasteiger charge is -2.16. The molecule has 6 nitrogen and oxygen atoms in total. The molecule has 0 spiro atoms. The Balaban J connectivity index is 1.71. The van der Waals surface area contributed by atoms with Gasteiger partial charge in [0.1, 0.15) is 6.61 Å². The molecule has 1 aromatic rings. The van der Waals surface area contributed by atoms with Crippen molar-refractivity contribution in [2.75, 3.05) is 26.2 Å². The van der Waals surface area contributed by atoms with Gasteiger partial charge in [-0.3, -0.25) is 4.79 Å².